The topological polar surface area (TPSA) is 114 Å². The maximum atomic E-state index is 11.5. The van der Waals surface area contributed by atoms with Gasteiger partial charge in [0.15, 0.2) is 0 Å². The van der Waals surface area contributed by atoms with Crippen molar-refractivity contribution in [2.45, 2.75) is 13.3 Å². The van der Waals surface area contributed by atoms with E-state index in [-0.39, 0.29) is 11.5 Å². The van der Waals surface area contributed by atoms with Crippen LogP contribution in [0, 0.1) is 15.5 Å². The lowest BCUT2D eigenvalue weighted by molar-refractivity contribution is -0.384. The third kappa shape index (κ3) is 2.36. The predicted molar refractivity (Wildman–Crippen MR) is 74.6 cm³/mol. The largest absolute Gasteiger partial charge is 0.373 e. The van der Waals surface area contributed by atoms with E-state index in [1.165, 1.54) is 6.07 Å². The van der Waals surface area contributed by atoms with Crippen molar-refractivity contribution in [3.8, 4) is 0 Å². The van der Waals surface area contributed by atoms with E-state index in [2.05, 4.69) is 10.3 Å². The third-order valence-electron chi connectivity index (χ3n) is 3.68. The summed E-state index contributed by atoms with van der Waals surface area (Å²) in [4.78, 5) is 28.1. The monoisotopic (exact) mass is 279 g/mol. The molecular weight excluding hydrogens is 262 g/mol. The van der Waals surface area contributed by atoms with Crippen molar-refractivity contribution in [3.05, 3.63) is 22.2 Å². The van der Waals surface area contributed by atoms with E-state index in [1.807, 2.05) is 0 Å². The van der Waals surface area contributed by atoms with Gasteiger partial charge in [0.25, 0.3) is 0 Å². The van der Waals surface area contributed by atoms with Gasteiger partial charge in [0.2, 0.25) is 11.7 Å². The van der Waals surface area contributed by atoms with Gasteiger partial charge < -0.3 is 16.0 Å². The molecule has 3 N–H and O–H groups in total. The van der Waals surface area contributed by atoms with Crippen LogP contribution in [0.25, 0.3) is 0 Å². The van der Waals surface area contributed by atoms with Crippen molar-refractivity contribution in [2.24, 2.45) is 11.1 Å². The number of nitro groups is 1. The number of rotatable bonds is 4. The molecular formula is C12H17N5O3. The molecule has 1 aliphatic heterocycles. The predicted octanol–water partition coefficient (Wildman–Crippen LogP) is 0.733. The lowest BCUT2D eigenvalue weighted by Crippen LogP contribution is -2.37. The van der Waals surface area contributed by atoms with Crippen molar-refractivity contribution < 1.29 is 9.72 Å². The minimum atomic E-state index is -0.675. The van der Waals surface area contributed by atoms with Crippen LogP contribution in [0.15, 0.2) is 12.1 Å². The number of carbonyl (C=O) groups is 1. The summed E-state index contributed by atoms with van der Waals surface area (Å²) in [6.45, 7) is 2.62. The van der Waals surface area contributed by atoms with Gasteiger partial charge in [-0.15, -0.1) is 0 Å². The number of primary amides is 1. The molecule has 1 aromatic heterocycles. The molecule has 1 fully saturated rings. The van der Waals surface area contributed by atoms with Crippen LogP contribution in [0.3, 0.4) is 0 Å². The van der Waals surface area contributed by atoms with Gasteiger partial charge in [-0.25, -0.2) is 4.98 Å². The molecule has 1 aromatic rings. The molecule has 8 nitrogen and oxygen atoms in total. The standard InChI is InChI=1S/C12H17N5O3/c1-12(11(13)18)5-6-16(7-12)10-8(17(19)20)3-4-9(14-2)15-10/h3-4H,5-7H2,1-2H3,(H2,13,18)(H,14,15). The first-order valence-corrected chi connectivity index (χ1v) is 6.25. The molecule has 0 radical (unpaired) electrons. The summed E-state index contributed by atoms with van der Waals surface area (Å²) < 4.78 is 0. The fourth-order valence-electron chi connectivity index (χ4n) is 2.30. The van der Waals surface area contributed by atoms with Crippen molar-refractivity contribution >= 4 is 23.2 Å². The van der Waals surface area contributed by atoms with Crippen molar-refractivity contribution in [3.63, 3.8) is 0 Å². The number of carbonyl (C=O) groups excluding carboxylic acids is 1. The second-order valence-electron chi connectivity index (χ2n) is 5.14. The molecule has 108 valence electrons. The Morgan fingerprint density at radius 2 is 2.30 bits per heavy atom. The Morgan fingerprint density at radius 1 is 1.60 bits per heavy atom. The maximum absolute atomic E-state index is 11.5. The summed E-state index contributed by atoms with van der Waals surface area (Å²) in [7, 11) is 1.69. The second-order valence-corrected chi connectivity index (χ2v) is 5.14. The van der Waals surface area contributed by atoms with E-state index >= 15 is 0 Å². The quantitative estimate of drug-likeness (QED) is 0.620. The van der Waals surface area contributed by atoms with Gasteiger partial charge in [0.1, 0.15) is 5.82 Å². The Kier molecular flexibility index (Phi) is 3.47. The van der Waals surface area contributed by atoms with E-state index in [1.54, 1.807) is 24.9 Å². The highest BCUT2D eigenvalue weighted by Crippen LogP contribution is 2.36. The molecule has 1 amide bonds. The molecule has 0 spiro atoms. The second kappa shape index (κ2) is 4.95. The first kappa shape index (κ1) is 14.0. The SMILES string of the molecule is CNc1ccc([N+](=O)[O-])c(N2CCC(C)(C(N)=O)C2)n1. The highest BCUT2D eigenvalue weighted by Gasteiger charge is 2.41. The number of aromatic nitrogens is 1. The molecule has 8 heteroatoms. The Balaban J connectivity index is 2.37. The zero-order valence-electron chi connectivity index (χ0n) is 11.4. The zero-order valence-corrected chi connectivity index (χ0v) is 11.4. The van der Waals surface area contributed by atoms with Crippen LogP contribution in [-0.4, -0.2) is 36.0 Å². The van der Waals surface area contributed by atoms with Gasteiger partial charge in [-0.2, -0.15) is 0 Å². The third-order valence-corrected chi connectivity index (χ3v) is 3.68. The number of amides is 1. The molecule has 1 atom stereocenters. The summed E-state index contributed by atoms with van der Waals surface area (Å²) in [5.41, 5.74) is 4.65. The fraction of sp³-hybridized carbons (Fsp3) is 0.500. The van der Waals surface area contributed by atoms with Crippen LogP contribution in [0.2, 0.25) is 0 Å². The average Bonchev–Trinajstić information content (AvgIpc) is 2.82. The molecule has 0 aromatic carbocycles. The van der Waals surface area contributed by atoms with Crippen molar-refractivity contribution in [1.29, 1.82) is 0 Å². The normalized spacial score (nSPS) is 21.8. The summed E-state index contributed by atoms with van der Waals surface area (Å²) in [6, 6.07) is 2.96. The van der Waals surface area contributed by atoms with Gasteiger partial charge in [-0.1, -0.05) is 0 Å². The molecule has 0 aliphatic carbocycles. The first-order chi connectivity index (χ1) is 9.37. The summed E-state index contributed by atoms with van der Waals surface area (Å²) in [5.74, 6) is 0.414. The van der Waals surface area contributed by atoms with E-state index in [9.17, 15) is 14.9 Å². The van der Waals surface area contributed by atoms with Crippen LogP contribution < -0.4 is 16.0 Å². The Hall–Kier alpha value is -2.38. The molecule has 1 saturated heterocycles. The van der Waals surface area contributed by atoms with Gasteiger partial charge in [0, 0.05) is 26.2 Å². The number of hydrogen-bond donors (Lipinski definition) is 2. The van der Waals surface area contributed by atoms with Crippen LogP contribution in [0.1, 0.15) is 13.3 Å². The lowest BCUT2D eigenvalue weighted by atomic mass is 9.89. The van der Waals surface area contributed by atoms with E-state index in [0.717, 1.165) is 0 Å². The Morgan fingerprint density at radius 3 is 2.80 bits per heavy atom. The van der Waals surface area contributed by atoms with Crippen LogP contribution in [0.5, 0.6) is 0 Å². The molecule has 1 aliphatic rings. The number of nitrogens with one attached hydrogen (secondary N) is 1. The Labute approximate surface area is 116 Å². The number of pyridine rings is 1. The fourth-order valence-corrected chi connectivity index (χ4v) is 2.30. The molecule has 2 heterocycles. The number of nitrogens with two attached hydrogens (primary N) is 1. The molecule has 20 heavy (non-hydrogen) atoms. The molecule has 0 bridgehead atoms. The van der Waals surface area contributed by atoms with E-state index in [4.69, 9.17) is 5.73 Å². The minimum absolute atomic E-state index is 0.0716. The molecule has 1 unspecified atom stereocenters. The highest BCUT2D eigenvalue weighted by molar-refractivity contribution is 5.82. The number of hydrogen-bond acceptors (Lipinski definition) is 6. The van der Waals surface area contributed by atoms with Crippen molar-refractivity contribution in [2.75, 3.05) is 30.4 Å². The summed E-state index contributed by atoms with van der Waals surface area (Å²) in [6.07, 6.45) is 0.560. The average molecular weight is 279 g/mol. The highest BCUT2D eigenvalue weighted by atomic mass is 16.6. The lowest BCUT2D eigenvalue weighted by Gasteiger charge is -2.21. The Bertz CT molecular complexity index is 562. The van der Waals surface area contributed by atoms with Crippen molar-refractivity contribution in [1.82, 2.24) is 4.98 Å². The minimum Gasteiger partial charge on any atom is -0.373 e. The number of anilines is 2. The molecule has 0 saturated carbocycles. The first-order valence-electron chi connectivity index (χ1n) is 6.25. The maximum Gasteiger partial charge on any atom is 0.311 e. The summed E-state index contributed by atoms with van der Waals surface area (Å²) >= 11 is 0. The van der Waals surface area contributed by atoms with Gasteiger partial charge in [-0.05, 0) is 19.4 Å². The molecule has 2 rings (SSSR count). The van der Waals surface area contributed by atoms with Crippen LogP contribution in [-0.2, 0) is 4.79 Å². The van der Waals surface area contributed by atoms with Gasteiger partial charge >= 0.3 is 5.69 Å². The van der Waals surface area contributed by atoms with Gasteiger partial charge in [0.05, 0.1) is 10.3 Å². The van der Waals surface area contributed by atoms with E-state index in [0.29, 0.717) is 25.3 Å². The summed E-state index contributed by atoms with van der Waals surface area (Å²) in [5, 5.41) is 13.9. The number of nitrogens with zero attached hydrogens (tertiary/aromatic N) is 3. The van der Waals surface area contributed by atoms with Crippen LogP contribution >= 0.6 is 0 Å². The van der Waals surface area contributed by atoms with Gasteiger partial charge in [-0.3, -0.25) is 14.9 Å². The zero-order chi connectivity index (χ0) is 14.9. The smallest absolute Gasteiger partial charge is 0.311 e. The van der Waals surface area contributed by atoms with E-state index < -0.39 is 16.2 Å². The van der Waals surface area contributed by atoms with Crippen LogP contribution in [0.4, 0.5) is 17.3 Å².